The Morgan fingerprint density at radius 1 is 1.32 bits per heavy atom. The molecule has 2 aromatic rings. The fourth-order valence-electron chi connectivity index (χ4n) is 1.67. The maximum atomic E-state index is 13.5. The Morgan fingerprint density at radius 2 is 2.05 bits per heavy atom. The van der Waals surface area contributed by atoms with Gasteiger partial charge in [0.25, 0.3) is 0 Å². The van der Waals surface area contributed by atoms with Crippen LogP contribution in [0.3, 0.4) is 0 Å². The third kappa shape index (κ3) is 3.62. The van der Waals surface area contributed by atoms with E-state index in [1.807, 2.05) is 0 Å². The molecule has 0 unspecified atom stereocenters. The van der Waals surface area contributed by atoms with E-state index < -0.39 is 5.97 Å². The average Bonchev–Trinajstić information content (AvgIpc) is 2.82. The molecule has 100 valence electrons. The molecule has 0 fully saturated rings. The minimum absolute atomic E-state index is 0.278. The van der Waals surface area contributed by atoms with Crippen molar-refractivity contribution in [2.75, 3.05) is 0 Å². The lowest BCUT2D eigenvalue weighted by Gasteiger charge is -2.06. The van der Waals surface area contributed by atoms with Gasteiger partial charge in [0.2, 0.25) is 0 Å². The zero-order valence-electron chi connectivity index (χ0n) is 9.82. The van der Waals surface area contributed by atoms with E-state index in [2.05, 4.69) is 21.2 Å². The Balaban J connectivity index is 1.98. The van der Waals surface area contributed by atoms with Crippen molar-refractivity contribution in [2.24, 2.45) is 0 Å². The van der Waals surface area contributed by atoms with Gasteiger partial charge in [-0.15, -0.1) is 11.3 Å². The highest BCUT2D eigenvalue weighted by Gasteiger charge is 2.11. The molecule has 0 atom stereocenters. The summed E-state index contributed by atoms with van der Waals surface area (Å²) in [7, 11) is 0. The summed E-state index contributed by atoms with van der Waals surface area (Å²) < 4.78 is 14.3. The number of halogens is 2. The fourth-order valence-corrected chi connectivity index (χ4v) is 2.84. The molecule has 0 radical (unpaired) electrons. The van der Waals surface area contributed by atoms with Gasteiger partial charge in [-0.3, -0.25) is 0 Å². The van der Waals surface area contributed by atoms with E-state index in [1.165, 1.54) is 17.4 Å². The zero-order chi connectivity index (χ0) is 13.8. The Morgan fingerprint density at radius 3 is 2.79 bits per heavy atom. The van der Waals surface area contributed by atoms with Crippen LogP contribution in [0, 0.1) is 5.82 Å². The van der Waals surface area contributed by atoms with Crippen molar-refractivity contribution in [2.45, 2.75) is 13.1 Å². The molecule has 2 N–H and O–H groups in total. The topological polar surface area (TPSA) is 49.3 Å². The molecule has 0 aliphatic carbocycles. The number of thiophene rings is 1. The smallest absolute Gasteiger partial charge is 0.346 e. The highest BCUT2D eigenvalue weighted by molar-refractivity contribution is 9.10. The summed E-state index contributed by atoms with van der Waals surface area (Å²) >= 11 is 4.48. The van der Waals surface area contributed by atoms with Crippen LogP contribution in [0.5, 0.6) is 0 Å². The molecule has 0 bridgehead atoms. The summed E-state index contributed by atoms with van der Waals surface area (Å²) in [5, 5.41) is 13.8. The van der Waals surface area contributed by atoms with E-state index >= 15 is 0 Å². The number of carboxylic acids is 1. The van der Waals surface area contributed by atoms with Crippen molar-refractivity contribution < 1.29 is 14.3 Å². The Labute approximate surface area is 122 Å². The molecule has 1 aromatic heterocycles. The normalized spacial score (nSPS) is 10.6. The van der Waals surface area contributed by atoms with Gasteiger partial charge in [0.05, 0.1) is 0 Å². The average molecular weight is 344 g/mol. The largest absolute Gasteiger partial charge is 0.477 e. The number of carbonyl (C=O) groups is 1. The van der Waals surface area contributed by atoms with Crippen molar-refractivity contribution in [1.82, 2.24) is 5.32 Å². The van der Waals surface area contributed by atoms with Crippen LogP contribution in [0.4, 0.5) is 4.39 Å². The van der Waals surface area contributed by atoms with E-state index in [1.54, 1.807) is 23.6 Å². The number of benzene rings is 1. The van der Waals surface area contributed by atoms with Gasteiger partial charge in [0, 0.05) is 23.1 Å². The molecular weight excluding hydrogens is 333 g/mol. The summed E-state index contributed by atoms with van der Waals surface area (Å²) in [5.74, 6) is -1.21. The van der Waals surface area contributed by atoms with E-state index in [0.717, 1.165) is 4.47 Å². The lowest BCUT2D eigenvalue weighted by Crippen LogP contribution is -2.15. The van der Waals surface area contributed by atoms with Crippen LogP contribution in [0.1, 0.15) is 20.8 Å². The molecule has 0 saturated carbocycles. The van der Waals surface area contributed by atoms with Crippen LogP contribution in [0.2, 0.25) is 0 Å². The summed E-state index contributed by atoms with van der Waals surface area (Å²) in [6.07, 6.45) is 0. The first-order valence-corrected chi connectivity index (χ1v) is 7.19. The minimum atomic E-state index is -0.930. The van der Waals surface area contributed by atoms with Crippen molar-refractivity contribution in [1.29, 1.82) is 0 Å². The van der Waals surface area contributed by atoms with E-state index in [4.69, 9.17) is 5.11 Å². The van der Waals surface area contributed by atoms with Crippen LogP contribution in [-0.2, 0) is 13.1 Å². The maximum absolute atomic E-state index is 13.5. The lowest BCUT2D eigenvalue weighted by molar-refractivity contribution is 0.0701. The van der Waals surface area contributed by atoms with Gasteiger partial charge in [-0.25, -0.2) is 9.18 Å². The first kappa shape index (κ1) is 14.2. The molecule has 6 heteroatoms. The van der Waals surface area contributed by atoms with Gasteiger partial charge in [0.1, 0.15) is 10.7 Å². The first-order chi connectivity index (χ1) is 9.08. The lowest BCUT2D eigenvalue weighted by atomic mass is 10.2. The Hall–Kier alpha value is -1.24. The van der Waals surface area contributed by atoms with Crippen LogP contribution in [0.25, 0.3) is 0 Å². The second kappa shape index (κ2) is 6.27. The standard InChI is InChI=1S/C13H11BrFNO2S/c14-10-1-2-11(15)9(5-10)7-16-6-8-3-4-19-12(8)13(17)18/h1-5,16H,6-7H2,(H,17,18). The highest BCUT2D eigenvalue weighted by atomic mass is 79.9. The van der Waals surface area contributed by atoms with E-state index in [-0.39, 0.29) is 5.82 Å². The second-order valence-electron chi connectivity index (χ2n) is 3.92. The molecule has 0 aliphatic heterocycles. The van der Waals surface area contributed by atoms with Crippen molar-refractivity contribution in [3.8, 4) is 0 Å². The van der Waals surface area contributed by atoms with Crippen LogP contribution in [-0.4, -0.2) is 11.1 Å². The number of nitrogens with one attached hydrogen (secondary N) is 1. The third-order valence-electron chi connectivity index (χ3n) is 2.58. The monoisotopic (exact) mass is 343 g/mol. The van der Waals surface area contributed by atoms with Gasteiger partial charge >= 0.3 is 5.97 Å². The summed E-state index contributed by atoms with van der Waals surface area (Å²) in [6.45, 7) is 0.747. The predicted molar refractivity (Wildman–Crippen MR) is 75.9 cm³/mol. The zero-order valence-corrected chi connectivity index (χ0v) is 12.2. The van der Waals surface area contributed by atoms with Gasteiger partial charge in [0.15, 0.2) is 0 Å². The molecule has 0 aliphatic rings. The summed E-state index contributed by atoms with van der Waals surface area (Å²) in [6, 6.07) is 6.50. The Bertz CT molecular complexity index is 600. The molecular formula is C13H11BrFNO2S. The summed E-state index contributed by atoms with van der Waals surface area (Å²) in [5.41, 5.74) is 1.26. The molecule has 0 saturated heterocycles. The third-order valence-corrected chi connectivity index (χ3v) is 4.02. The van der Waals surface area contributed by atoms with Crippen LogP contribution >= 0.6 is 27.3 Å². The fraction of sp³-hybridized carbons (Fsp3) is 0.154. The van der Waals surface area contributed by atoms with Crippen molar-refractivity contribution in [3.05, 3.63) is 55.9 Å². The first-order valence-electron chi connectivity index (χ1n) is 5.52. The van der Waals surface area contributed by atoms with Crippen molar-refractivity contribution in [3.63, 3.8) is 0 Å². The van der Waals surface area contributed by atoms with Gasteiger partial charge in [-0.05, 0) is 35.2 Å². The molecule has 19 heavy (non-hydrogen) atoms. The number of carboxylic acid groups (broad SMARTS) is 1. The quantitative estimate of drug-likeness (QED) is 0.871. The molecule has 3 nitrogen and oxygen atoms in total. The van der Waals surface area contributed by atoms with Gasteiger partial charge in [-0.2, -0.15) is 0 Å². The predicted octanol–water partition coefficient (Wildman–Crippen LogP) is 3.64. The second-order valence-corrected chi connectivity index (χ2v) is 5.75. The minimum Gasteiger partial charge on any atom is -0.477 e. The molecule has 2 rings (SSSR count). The molecule has 0 amide bonds. The van der Waals surface area contributed by atoms with Crippen LogP contribution < -0.4 is 5.32 Å². The van der Waals surface area contributed by atoms with E-state index in [0.29, 0.717) is 29.1 Å². The molecule has 1 heterocycles. The molecule has 0 spiro atoms. The summed E-state index contributed by atoms with van der Waals surface area (Å²) in [4.78, 5) is 11.3. The Kier molecular flexibility index (Phi) is 4.68. The highest BCUT2D eigenvalue weighted by Crippen LogP contribution is 2.18. The maximum Gasteiger partial charge on any atom is 0.346 e. The number of rotatable bonds is 5. The van der Waals surface area contributed by atoms with Crippen LogP contribution in [0.15, 0.2) is 34.1 Å². The van der Waals surface area contributed by atoms with Crippen molar-refractivity contribution >= 4 is 33.2 Å². The molecule has 1 aromatic carbocycles. The van der Waals surface area contributed by atoms with E-state index in [9.17, 15) is 9.18 Å². The number of hydrogen-bond donors (Lipinski definition) is 2. The van der Waals surface area contributed by atoms with Gasteiger partial charge in [-0.1, -0.05) is 15.9 Å². The SMILES string of the molecule is O=C(O)c1sccc1CNCc1cc(Br)ccc1F. The van der Waals surface area contributed by atoms with Gasteiger partial charge < -0.3 is 10.4 Å². The number of hydrogen-bond acceptors (Lipinski definition) is 3. The number of aromatic carboxylic acids is 1.